The van der Waals surface area contributed by atoms with E-state index in [1.807, 2.05) is 41.3 Å². The van der Waals surface area contributed by atoms with Crippen molar-refractivity contribution in [3.8, 4) is 0 Å². The summed E-state index contributed by atoms with van der Waals surface area (Å²) in [6, 6.07) is 13.4. The molecule has 0 radical (unpaired) electrons. The summed E-state index contributed by atoms with van der Waals surface area (Å²) in [5.74, 6) is 0.639. The van der Waals surface area contributed by atoms with Gasteiger partial charge >= 0.3 is 5.97 Å². The summed E-state index contributed by atoms with van der Waals surface area (Å²) in [7, 11) is 1.31. The molecule has 0 aliphatic carbocycles. The van der Waals surface area contributed by atoms with Gasteiger partial charge in [-0.2, -0.15) is 0 Å². The molecule has 2 N–H and O–H groups in total. The smallest absolute Gasteiger partial charge is 0.348 e. The van der Waals surface area contributed by atoms with Crippen molar-refractivity contribution in [2.24, 2.45) is 0 Å². The Kier molecular flexibility index (Phi) is 8.09. The number of ether oxygens (including phenoxy) is 2. The molecule has 0 fully saturated rings. The van der Waals surface area contributed by atoms with Crippen molar-refractivity contribution in [1.29, 1.82) is 0 Å². The minimum atomic E-state index is -0.765. The number of benzene rings is 1. The monoisotopic (exact) mass is 497 g/mol. The van der Waals surface area contributed by atoms with E-state index < -0.39 is 12.1 Å². The van der Waals surface area contributed by atoms with Gasteiger partial charge in [-0.1, -0.05) is 30.3 Å². The van der Waals surface area contributed by atoms with Gasteiger partial charge in [0.1, 0.15) is 27.9 Å². The lowest BCUT2D eigenvalue weighted by Crippen LogP contribution is -2.35. The average molecular weight is 498 g/mol. The Labute approximate surface area is 205 Å². The first-order valence-electron chi connectivity index (χ1n) is 11.1. The second-order valence-corrected chi connectivity index (χ2v) is 9.14. The van der Waals surface area contributed by atoms with Gasteiger partial charge in [0.15, 0.2) is 0 Å². The maximum absolute atomic E-state index is 12.8. The molecule has 3 heterocycles. The van der Waals surface area contributed by atoms with Crippen LogP contribution in [0.5, 0.6) is 0 Å². The van der Waals surface area contributed by atoms with Gasteiger partial charge in [0.25, 0.3) is 5.56 Å². The van der Waals surface area contributed by atoms with Crippen molar-refractivity contribution >= 4 is 27.5 Å². The van der Waals surface area contributed by atoms with Gasteiger partial charge in [0, 0.05) is 13.1 Å². The lowest BCUT2D eigenvalue weighted by atomic mass is 10.2. The number of esters is 1. The Bertz CT molecular complexity index is 1320. The average Bonchev–Trinajstić information content (AvgIpc) is 3.47. The minimum Gasteiger partial charge on any atom is -0.467 e. The second kappa shape index (κ2) is 11.4. The van der Waals surface area contributed by atoms with Crippen molar-refractivity contribution in [2.75, 3.05) is 20.3 Å². The number of aliphatic hydroxyl groups excluding tert-OH is 1. The van der Waals surface area contributed by atoms with Gasteiger partial charge in [-0.05, 0) is 30.2 Å². The van der Waals surface area contributed by atoms with E-state index in [4.69, 9.17) is 13.9 Å². The van der Waals surface area contributed by atoms with Crippen LogP contribution in [0.15, 0.2) is 57.9 Å². The first-order valence-corrected chi connectivity index (χ1v) is 11.9. The van der Waals surface area contributed by atoms with E-state index in [1.54, 1.807) is 19.3 Å². The number of rotatable bonds is 11. The van der Waals surface area contributed by atoms with Crippen LogP contribution in [0, 0.1) is 6.92 Å². The minimum absolute atomic E-state index is 0.127. The largest absolute Gasteiger partial charge is 0.467 e. The highest BCUT2D eigenvalue weighted by atomic mass is 32.1. The second-order valence-electron chi connectivity index (χ2n) is 8.14. The summed E-state index contributed by atoms with van der Waals surface area (Å²) < 4.78 is 15.7. The number of nitrogens with zero attached hydrogens (tertiary/aromatic N) is 2. The molecular weight excluding hydrogens is 470 g/mol. The molecule has 3 aromatic heterocycles. The number of H-pyrrole nitrogens is 1. The molecule has 1 atom stereocenters. The molecule has 0 amide bonds. The molecule has 9 nitrogen and oxygen atoms in total. The van der Waals surface area contributed by atoms with Crippen molar-refractivity contribution in [1.82, 2.24) is 14.9 Å². The first kappa shape index (κ1) is 24.8. The van der Waals surface area contributed by atoms with E-state index in [-0.39, 0.29) is 18.8 Å². The summed E-state index contributed by atoms with van der Waals surface area (Å²) in [6.45, 7) is 3.23. The van der Waals surface area contributed by atoms with Gasteiger partial charge in [-0.3, -0.25) is 9.69 Å². The van der Waals surface area contributed by atoms with E-state index in [2.05, 4.69) is 9.97 Å². The topological polar surface area (TPSA) is 118 Å². The van der Waals surface area contributed by atoms with Gasteiger partial charge in [0.05, 0.1) is 38.0 Å². The van der Waals surface area contributed by atoms with E-state index >= 15 is 0 Å². The number of aromatic nitrogens is 2. The van der Waals surface area contributed by atoms with Gasteiger partial charge in [0.2, 0.25) is 0 Å². The molecule has 35 heavy (non-hydrogen) atoms. The standard InChI is InChI=1S/C25H27N3O6S/c1-16-21-23(30)26-20(27-24(21)35-22(16)25(31)32-2)13-28(11-17-7-4-3-5-8-17)12-18(29)14-33-15-19-9-6-10-34-19/h3-10,18,29H,11-15H2,1-2H3,(H,26,27,30). The molecule has 0 bridgehead atoms. The van der Waals surface area contributed by atoms with Crippen LogP contribution in [-0.2, 0) is 29.2 Å². The summed E-state index contributed by atoms with van der Waals surface area (Å²) in [6.07, 6.45) is 0.809. The molecule has 0 saturated carbocycles. The molecular formula is C25H27N3O6S. The third-order valence-electron chi connectivity index (χ3n) is 5.45. The molecule has 10 heteroatoms. The van der Waals surface area contributed by atoms with Crippen molar-refractivity contribution in [2.45, 2.75) is 32.7 Å². The van der Waals surface area contributed by atoms with E-state index in [9.17, 15) is 14.7 Å². The van der Waals surface area contributed by atoms with Crippen molar-refractivity contribution in [3.63, 3.8) is 0 Å². The van der Waals surface area contributed by atoms with Crippen LogP contribution in [-0.4, -0.2) is 52.3 Å². The highest BCUT2D eigenvalue weighted by Crippen LogP contribution is 2.27. The highest BCUT2D eigenvalue weighted by molar-refractivity contribution is 7.20. The lowest BCUT2D eigenvalue weighted by Gasteiger charge is -2.24. The van der Waals surface area contributed by atoms with Crippen LogP contribution in [0.25, 0.3) is 10.2 Å². The van der Waals surface area contributed by atoms with Crippen LogP contribution in [0.3, 0.4) is 0 Å². The zero-order chi connectivity index (χ0) is 24.8. The molecule has 1 aromatic carbocycles. The number of hydrogen-bond donors (Lipinski definition) is 2. The van der Waals surface area contributed by atoms with Gasteiger partial charge in [-0.15, -0.1) is 11.3 Å². The Morgan fingerprint density at radius 3 is 2.74 bits per heavy atom. The summed E-state index contributed by atoms with van der Waals surface area (Å²) >= 11 is 1.14. The highest BCUT2D eigenvalue weighted by Gasteiger charge is 2.21. The fraction of sp³-hybridized carbons (Fsp3) is 0.320. The number of aryl methyl sites for hydroxylation is 1. The Morgan fingerprint density at radius 2 is 2.03 bits per heavy atom. The maximum Gasteiger partial charge on any atom is 0.348 e. The zero-order valence-electron chi connectivity index (χ0n) is 19.5. The van der Waals surface area contributed by atoms with Crippen LogP contribution in [0.2, 0.25) is 0 Å². The van der Waals surface area contributed by atoms with Crippen LogP contribution in [0.1, 0.15) is 32.4 Å². The number of furan rings is 1. The molecule has 4 rings (SSSR count). The number of carbonyl (C=O) groups is 1. The molecule has 1 unspecified atom stereocenters. The summed E-state index contributed by atoms with van der Waals surface area (Å²) in [5.41, 5.74) is 1.30. The van der Waals surface area contributed by atoms with Crippen LogP contribution >= 0.6 is 11.3 Å². The molecule has 184 valence electrons. The quantitative estimate of drug-likeness (QED) is 0.303. The van der Waals surface area contributed by atoms with Crippen molar-refractivity contribution < 1.29 is 23.8 Å². The maximum atomic E-state index is 12.8. The van der Waals surface area contributed by atoms with Crippen molar-refractivity contribution in [3.05, 3.63) is 86.7 Å². The molecule has 0 saturated heterocycles. The Morgan fingerprint density at radius 1 is 1.23 bits per heavy atom. The molecule has 0 spiro atoms. The fourth-order valence-corrected chi connectivity index (χ4v) is 4.95. The fourth-order valence-electron chi connectivity index (χ4n) is 3.83. The number of aliphatic hydroxyl groups is 1. The summed E-state index contributed by atoms with van der Waals surface area (Å²) in [4.78, 5) is 35.1. The normalized spacial score (nSPS) is 12.3. The lowest BCUT2D eigenvalue weighted by molar-refractivity contribution is 0.00217. The zero-order valence-corrected chi connectivity index (χ0v) is 20.3. The molecule has 4 aromatic rings. The van der Waals surface area contributed by atoms with Gasteiger partial charge < -0.3 is 24.0 Å². The molecule has 0 aliphatic heterocycles. The summed E-state index contributed by atoms with van der Waals surface area (Å²) in [5, 5.41) is 11.0. The first-order chi connectivity index (χ1) is 16.9. The van der Waals surface area contributed by atoms with Crippen LogP contribution < -0.4 is 5.56 Å². The number of thiophene rings is 1. The predicted octanol–water partition coefficient (Wildman–Crippen LogP) is 3.25. The van der Waals surface area contributed by atoms with E-state index in [0.717, 1.165) is 16.9 Å². The Balaban J connectivity index is 1.51. The number of aromatic amines is 1. The van der Waals surface area contributed by atoms with Gasteiger partial charge in [-0.25, -0.2) is 9.78 Å². The third kappa shape index (κ3) is 6.23. The third-order valence-corrected chi connectivity index (χ3v) is 6.61. The number of hydrogen-bond acceptors (Lipinski definition) is 9. The number of fused-ring (bicyclic) bond motifs is 1. The SMILES string of the molecule is COC(=O)c1sc2nc(CN(Cc3ccccc3)CC(O)COCc3ccco3)[nH]c(=O)c2c1C. The molecule has 0 aliphatic rings. The van der Waals surface area contributed by atoms with E-state index in [1.165, 1.54) is 7.11 Å². The number of methoxy groups -OCH3 is 1. The Hall–Kier alpha value is -3.31. The number of nitrogens with one attached hydrogen (secondary N) is 1. The van der Waals surface area contributed by atoms with E-state index in [0.29, 0.717) is 51.9 Å². The van der Waals surface area contributed by atoms with Crippen LogP contribution in [0.4, 0.5) is 0 Å². The number of carbonyl (C=O) groups excluding carboxylic acids is 1. The predicted molar refractivity (Wildman–Crippen MR) is 131 cm³/mol.